The summed E-state index contributed by atoms with van der Waals surface area (Å²) in [5.41, 5.74) is 3.97. The van der Waals surface area contributed by atoms with Crippen molar-refractivity contribution in [1.82, 2.24) is 10.4 Å². The van der Waals surface area contributed by atoms with Crippen LogP contribution in [0.3, 0.4) is 0 Å². The van der Waals surface area contributed by atoms with Crippen molar-refractivity contribution in [2.24, 2.45) is 5.10 Å². The number of carbonyl (C=O) groups excluding carboxylic acids is 2. The van der Waals surface area contributed by atoms with Crippen LogP contribution in [0.2, 0.25) is 5.15 Å². The Hall–Kier alpha value is -3.25. The van der Waals surface area contributed by atoms with E-state index in [1.54, 1.807) is 36.4 Å². The van der Waals surface area contributed by atoms with Crippen molar-refractivity contribution >= 4 is 46.2 Å². The molecule has 0 unspecified atom stereocenters. The van der Waals surface area contributed by atoms with Crippen molar-refractivity contribution in [1.29, 1.82) is 0 Å². The van der Waals surface area contributed by atoms with Gasteiger partial charge in [-0.3, -0.25) is 9.59 Å². The van der Waals surface area contributed by atoms with Gasteiger partial charge < -0.3 is 5.32 Å². The first-order valence-electron chi connectivity index (χ1n) is 7.38. The molecule has 0 spiro atoms. The highest BCUT2D eigenvalue weighted by atomic mass is 35.5. The molecule has 2 N–H and O–H groups in total. The highest BCUT2D eigenvalue weighted by Gasteiger charge is 2.12. The quantitative estimate of drug-likeness (QED) is 0.329. The van der Waals surface area contributed by atoms with Crippen LogP contribution in [0.25, 0.3) is 10.9 Å². The summed E-state index contributed by atoms with van der Waals surface area (Å²) in [5, 5.41) is 7.37. The van der Waals surface area contributed by atoms with Crippen LogP contribution < -0.4 is 10.7 Å². The summed E-state index contributed by atoms with van der Waals surface area (Å²) in [6, 6.07) is 17.9. The minimum absolute atomic E-state index is 0.255. The molecule has 0 aliphatic carbocycles. The van der Waals surface area contributed by atoms with Gasteiger partial charge in [0.2, 0.25) is 0 Å². The lowest BCUT2D eigenvalue weighted by atomic mass is 10.2. The highest BCUT2D eigenvalue weighted by molar-refractivity contribution is 6.39. The Morgan fingerprint density at radius 2 is 1.72 bits per heavy atom. The number of hydrogen-bond acceptors (Lipinski definition) is 4. The summed E-state index contributed by atoms with van der Waals surface area (Å²) >= 11 is 6.09. The molecule has 1 heterocycles. The van der Waals surface area contributed by atoms with E-state index in [1.165, 1.54) is 6.21 Å². The Morgan fingerprint density at radius 3 is 2.52 bits per heavy atom. The summed E-state index contributed by atoms with van der Waals surface area (Å²) in [5.74, 6) is -1.70. The number of fused-ring (bicyclic) bond motifs is 1. The van der Waals surface area contributed by atoms with Gasteiger partial charge >= 0.3 is 11.8 Å². The minimum atomic E-state index is -0.884. The predicted molar refractivity (Wildman–Crippen MR) is 97.6 cm³/mol. The second-order valence-corrected chi connectivity index (χ2v) is 5.44. The number of pyridine rings is 1. The van der Waals surface area contributed by atoms with Gasteiger partial charge in [-0.05, 0) is 24.3 Å². The van der Waals surface area contributed by atoms with E-state index in [1.807, 2.05) is 24.3 Å². The molecule has 0 radical (unpaired) electrons. The van der Waals surface area contributed by atoms with Crippen LogP contribution in [0.15, 0.2) is 65.8 Å². The fraction of sp³-hybridized carbons (Fsp3) is 0. The maximum absolute atomic E-state index is 11.8. The van der Waals surface area contributed by atoms with Crippen LogP contribution in [0.4, 0.5) is 5.69 Å². The summed E-state index contributed by atoms with van der Waals surface area (Å²) < 4.78 is 0. The number of amides is 2. The van der Waals surface area contributed by atoms with Gasteiger partial charge in [0.25, 0.3) is 0 Å². The highest BCUT2D eigenvalue weighted by Crippen LogP contribution is 2.18. The third-order valence-corrected chi connectivity index (χ3v) is 3.61. The van der Waals surface area contributed by atoms with Gasteiger partial charge in [-0.15, -0.1) is 0 Å². The molecule has 0 bridgehead atoms. The number of hydrazone groups is 1. The summed E-state index contributed by atoms with van der Waals surface area (Å²) in [7, 11) is 0. The second kappa shape index (κ2) is 7.55. The first-order valence-corrected chi connectivity index (χ1v) is 7.76. The number of nitrogens with one attached hydrogen (secondary N) is 2. The number of anilines is 1. The van der Waals surface area contributed by atoms with Crippen LogP contribution in [-0.4, -0.2) is 23.0 Å². The van der Waals surface area contributed by atoms with Gasteiger partial charge in [0, 0.05) is 16.6 Å². The molecule has 25 heavy (non-hydrogen) atoms. The Morgan fingerprint density at radius 1 is 1.00 bits per heavy atom. The SMILES string of the molecule is O=C(N/N=C\c1cc2ccccc2nc1Cl)C(=O)Nc1ccccc1. The molecule has 7 heteroatoms. The zero-order valence-corrected chi connectivity index (χ0v) is 13.7. The molecule has 3 aromatic rings. The van der Waals surface area contributed by atoms with E-state index in [0.29, 0.717) is 11.3 Å². The van der Waals surface area contributed by atoms with E-state index < -0.39 is 11.8 Å². The lowest BCUT2D eigenvalue weighted by molar-refractivity contribution is -0.136. The molecule has 0 fully saturated rings. The van der Waals surface area contributed by atoms with Gasteiger partial charge in [-0.25, -0.2) is 10.4 Å². The molecular formula is C18H13ClN4O2. The van der Waals surface area contributed by atoms with E-state index in [0.717, 1.165) is 10.9 Å². The van der Waals surface area contributed by atoms with E-state index in [2.05, 4.69) is 20.8 Å². The maximum Gasteiger partial charge on any atom is 0.329 e. The molecule has 0 saturated heterocycles. The summed E-state index contributed by atoms with van der Waals surface area (Å²) in [6.07, 6.45) is 1.34. The monoisotopic (exact) mass is 352 g/mol. The normalized spacial score (nSPS) is 10.8. The van der Waals surface area contributed by atoms with Crippen LogP contribution in [-0.2, 0) is 9.59 Å². The first-order chi connectivity index (χ1) is 12.1. The molecule has 6 nitrogen and oxygen atoms in total. The maximum atomic E-state index is 11.8. The van der Waals surface area contributed by atoms with E-state index in [9.17, 15) is 9.59 Å². The molecule has 0 aliphatic rings. The Bertz CT molecular complexity index is 958. The van der Waals surface area contributed by atoms with E-state index in [-0.39, 0.29) is 5.15 Å². The van der Waals surface area contributed by atoms with Crippen molar-refractivity contribution in [2.45, 2.75) is 0 Å². The number of halogens is 1. The first kappa shape index (κ1) is 16.6. The second-order valence-electron chi connectivity index (χ2n) is 5.08. The number of benzene rings is 2. The number of rotatable bonds is 3. The third kappa shape index (κ3) is 4.19. The molecule has 1 aromatic heterocycles. The molecule has 124 valence electrons. The summed E-state index contributed by atoms with van der Waals surface area (Å²) in [4.78, 5) is 27.8. The van der Waals surface area contributed by atoms with Crippen LogP contribution in [0.1, 0.15) is 5.56 Å². The third-order valence-electron chi connectivity index (χ3n) is 3.31. The molecule has 0 aliphatic heterocycles. The Labute approximate surface area is 148 Å². The van der Waals surface area contributed by atoms with Crippen molar-refractivity contribution in [3.8, 4) is 0 Å². The fourth-order valence-corrected chi connectivity index (χ4v) is 2.31. The minimum Gasteiger partial charge on any atom is -0.318 e. The lowest BCUT2D eigenvalue weighted by Crippen LogP contribution is -2.32. The van der Waals surface area contributed by atoms with Crippen LogP contribution >= 0.6 is 11.6 Å². The van der Waals surface area contributed by atoms with Gasteiger partial charge in [-0.1, -0.05) is 48.0 Å². The number of para-hydroxylation sites is 2. The van der Waals surface area contributed by atoms with Crippen LogP contribution in [0, 0.1) is 0 Å². The zero-order valence-electron chi connectivity index (χ0n) is 12.9. The topological polar surface area (TPSA) is 83.5 Å². The van der Waals surface area contributed by atoms with Crippen molar-refractivity contribution < 1.29 is 9.59 Å². The molecule has 0 saturated carbocycles. The standard InChI is InChI=1S/C18H13ClN4O2/c19-16-13(10-12-6-4-5-9-15(12)22-16)11-20-23-18(25)17(24)21-14-7-2-1-3-8-14/h1-11H,(H,21,24)(H,23,25)/b20-11-. The largest absolute Gasteiger partial charge is 0.329 e. The van der Waals surface area contributed by atoms with Crippen molar-refractivity contribution in [3.63, 3.8) is 0 Å². The Kier molecular flexibility index (Phi) is 5.01. The average Bonchev–Trinajstić information content (AvgIpc) is 2.62. The number of nitrogens with zero attached hydrogens (tertiary/aromatic N) is 2. The summed E-state index contributed by atoms with van der Waals surface area (Å²) in [6.45, 7) is 0. The smallest absolute Gasteiger partial charge is 0.318 e. The van der Waals surface area contributed by atoms with Crippen LogP contribution in [0.5, 0.6) is 0 Å². The van der Waals surface area contributed by atoms with Gasteiger partial charge in [0.05, 0.1) is 11.7 Å². The van der Waals surface area contributed by atoms with Crippen molar-refractivity contribution in [2.75, 3.05) is 5.32 Å². The van der Waals surface area contributed by atoms with E-state index >= 15 is 0 Å². The van der Waals surface area contributed by atoms with Gasteiger partial charge in [0.1, 0.15) is 5.15 Å². The van der Waals surface area contributed by atoms with Gasteiger partial charge in [-0.2, -0.15) is 5.10 Å². The molecule has 3 rings (SSSR count). The number of hydrogen-bond donors (Lipinski definition) is 2. The predicted octanol–water partition coefficient (Wildman–Crippen LogP) is 2.98. The molecule has 2 amide bonds. The molecule has 0 atom stereocenters. The number of carbonyl (C=O) groups is 2. The van der Waals surface area contributed by atoms with Gasteiger partial charge in [0.15, 0.2) is 0 Å². The van der Waals surface area contributed by atoms with E-state index in [4.69, 9.17) is 11.6 Å². The molecule has 2 aromatic carbocycles. The Balaban J connectivity index is 1.65. The average molecular weight is 353 g/mol. The fourth-order valence-electron chi connectivity index (χ4n) is 2.12. The zero-order chi connectivity index (χ0) is 17.6. The molecular weight excluding hydrogens is 340 g/mol. The number of aromatic nitrogens is 1. The lowest BCUT2D eigenvalue weighted by Gasteiger charge is -2.03. The van der Waals surface area contributed by atoms with Crippen molar-refractivity contribution in [3.05, 3.63) is 71.4 Å².